The Bertz CT molecular complexity index is 377. The first-order valence-corrected chi connectivity index (χ1v) is 3.48. The van der Waals surface area contributed by atoms with Crippen molar-refractivity contribution in [1.29, 1.82) is 0 Å². The molecular weight excluding hydrogens is 120 g/mol. The Balaban J connectivity index is 2.81. The Morgan fingerprint density at radius 3 is 1.80 bits per heavy atom. The number of hydrogen-bond donors (Lipinski definition) is 0. The van der Waals surface area contributed by atoms with Crippen LogP contribution < -0.4 is 0 Å². The van der Waals surface area contributed by atoms with Crippen LogP contribution in [0.2, 0.25) is 0 Å². The van der Waals surface area contributed by atoms with Crippen LogP contribution in [-0.4, -0.2) is 0 Å². The van der Waals surface area contributed by atoms with Gasteiger partial charge in [0, 0.05) is 0 Å². The van der Waals surface area contributed by atoms with E-state index in [1.165, 1.54) is 21.9 Å². The highest BCUT2D eigenvalue weighted by atomic mass is 14.1. The molecule has 0 aromatic heterocycles. The average Bonchev–Trinajstić information content (AvgIpc) is 2.19. The van der Waals surface area contributed by atoms with Gasteiger partial charge in [-0.2, -0.15) is 0 Å². The fraction of sp³-hybridized carbons (Fsp3) is 0. The van der Waals surface area contributed by atoms with Gasteiger partial charge in [0.2, 0.25) is 0 Å². The Morgan fingerprint density at radius 2 is 1.20 bits per heavy atom. The molecule has 2 aromatic rings. The number of hydrogen-bond acceptors (Lipinski definition) is 0. The Kier molecular flexibility index (Phi) is 0.558. The van der Waals surface area contributed by atoms with Gasteiger partial charge in [0.15, 0.2) is 0 Å². The average molecular weight is 126 g/mol. The van der Waals surface area contributed by atoms with Crippen LogP contribution >= 0.6 is 0 Å². The third-order valence-corrected chi connectivity index (χ3v) is 2.17. The molecule has 10 heavy (non-hydrogen) atoms. The minimum atomic E-state index is 1.35. The van der Waals surface area contributed by atoms with E-state index in [4.69, 9.17) is 0 Å². The van der Waals surface area contributed by atoms with E-state index in [2.05, 4.69) is 36.4 Å². The molecule has 1 aliphatic carbocycles. The third kappa shape index (κ3) is 0.357. The van der Waals surface area contributed by atoms with Gasteiger partial charge in [-0.15, -0.1) is 0 Å². The van der Waals surface area contributed by atoms with E-state index < -0.39 is 0 Å². The predicted molar refractivity (Wildman–Crippen MR) is 42.9 cm³/mol. The van der Waals surface area contributed by atoms with Gasteiger partial charge in [-0.05, 0) is 34.0 Å². The van der Waals surface area contributed by atoms with E-state index in [9.17, 15) is 0 Å². The quantitative estimate of drug-likeness (QED) is 0.434. The Hall–Kier alpha value is -1.30. The third-order valence-electron chi connectivity index (χ3n) is 2.17. The van der Waals surface area contributed by atoms with Gasteiger partial charge in [0.05, 0.1) is 0 Å². The molecule has 0 saturated carbocycles. The molecule has 0 unspecified atom stereocenters. The zero-order valence-corrected chi connectivity index (χ0v) is 5.46. The largest absolute Gasteiger partial charge is 0.0538 e. The molecule has 0 aliphatic heterocycles. The minimum Gasteiger partial charge on any atom is -0.0538 e. The van der Waals surface area contributed by atoms with Gasteiger partial charge in [-0.25, -0.2) is 0 Å². The normalized spacial score (nSPS) is 12.0. The summed E-state index contributed by atoms with van der Waals surface area (Å²) in [6.45, 7) is 0. The molecule has 0 fully saturated rings. The van der Waals surface area contributed by atoms with Crippen molar-refractivity contribution >= 4 is 10.8 Å². The van der Waals surface area contributed by atoms with Gasteiger partial charge in [0.25, 0.3) is 0 Å². The van der Waals surface area contributed by atoms with Crippen molar-refractivity contribution < 1.29 is 0 Å². The van der Waals surface area contributed by atoms with E-state index in [0.29, 0.717) is 0 Å². The molecule has 0 amide bonds. The van der Waals surface area contributed by atoms with Crippen molar-refractivity contribution in [2.75, 3.05) is 0 Å². The fourth-order valence-electron chi connectivity index (χ4n) is 1.61. The highest BCUT2D eigenvalue weighted by molar-refractivity contribution is 5.95. The second-order valence-electron chi connectivity index (χ2n) is 2.78. The summed E-state index contributed by atoms with van der Waals surface area (Å²) < 4.78 is 0. The van der Waals surface area contributed by atoms with Gasteiger partial charge >= 0.3 is 0 Å². The molecule has 0 saturated heterocycles. The molecule has 2 aromatic carbocycles. The van der Waals surface area contributed by atoms with Crippen LogP contribution in [0.1, 0.15) is 0 Å². The maximum atomic E-state index is 2.24. The van der Waals surface area contributed by atoms with Gasteiger partial charge in [-0.1, -0.05) is 24.3 Å². The van der Waals surface area contributed by atoms with Crippen LogP contribution in [0.3, 0.4) is 0 Å². The molecule has 0 atom stereocenters. The number of benzene rings is 2. The second kappa shape index (κ2) is 1.24. The first-order valence-electron chi connectivity index (χ1n) is 3.48. The first-order chi connectivity index (χ1) is 4.93. The summed E-state index contributed by atoms with van der Waals surface area (Å²) in [5.74, 6) is 0. The van der Waals surface area contributed by atoms with Crippen molar-refractivity contribution in [3.05, 3.63) is 36.4 Å². The van der Waals surface area contributed by atoms with Gasteiger partial charge in [-0.3, -0.25) is 0 Å². The topological polar surface area (TPSA) is 0 Å². The minimum absolute atomic E-state index is 1.35. The van der Waals surface area contributed by atoms with Crippen LogP contribution in [0.15, 0.2) is 36.4 Å². The zero-order chi connectivity index (χ0) is 6.55. The van der Waals surface area contributed by atoms with Gasteiger partial charge in [0.1, 0.15) is 0 Å². The van der Waals surface area contributed by atoms with Crippen molar-refractivity contribution in [3.63, 3.8) is 0 Å². The van der Waals surface area contributed by atoms with Crippen LogP contribution in [-0.2, 0) is 0 Å². The highest BCUT2D eigenvalue weighted by Crippen LogP contribution is 2.32. The van der Waals surface area contributed by atoms with Crippen LogP contribution in [0.5, 0.6) is 0 Å². The van der Waals surface area contributed by atoms with Crippen LogP contribution in [0.25, 0.3) is 21.9 Å². The summed E-state index contributed by atoms with van der Waals surface area (Å²) in [7, 11) is 0. The summed E-state index contributed by atoms with van der Waals surface area (Å²) in [6, 6.07) is 13.2. The lowest BCUT2D eigenvalue weighted by atomic mass is 10.2. The Morgan fingerprint density at radius 1 is 0.600 bits per heavy atom. The van der Waals surface area contributed by atoms with E-state index in [-0.39, 0.29) is 0 Å². The standard InChI is InChI=1S/C10H6/c1-3-8-5-10-6-9(8)4-2-7(1)10/h1-6H. The van der Waals surface area contributed by atoms with E-state index in [1.54, 1.807) is 0 Å². The molecule has 0 nitrogen and oxygen atoms in total. The maximum absolute atomic E-state index is 2.24. The molecule has 3 rings (SSSR count). The molecule has 3 bridgehead atoms. The van der Waals surface area contributed by atoms with E-state index in [1.807, 2.05) is 0 Å². The monoisotopic (exact) mass is 126 g/mol. The van der Waals surface area contributed by atoms with Crippen molar-refractivity contribution in [2.45, 2.75) is 0 Å². The Labute approximate surface area is 59.1 Å². The summed E-state index contributed by atoms with van der Waals surface area (Å²) in [5, 5.41) is 2.74. The predicted octanol–water partition coefficient (Wildman–Crippen LogP) is 2.82. The fourth-order valence-corrected chi connectivity index (χ4v) is 1.61. The lowest BCUT2D eigenvalue weighted by molar-refractivity contribution is 1.84. The lowest BCUT2D eigenvalue weighted by Crippen LogP contribution is -1.59. The van der Waals surface area contributed by atoms with Crippen LogP contribution in [0, 0.1) is 0 Å². The van der Waals surface area contributed by atoms with Crippen molar-refractivity contribution in [1.82, 2.24) is 0 Å². The molecule has 0 N–H and O–H groups in total. The molecule has 0 radical (unpaired) electrons. The molecule has 0 heteroatoms. The molecule has 0 heterocycles. The van der Waals surface area contributed by atoms with Crippen molar-refractivity contribution in [3.8, 4) is 11.1 Å². The molecule has 1 aliphatic rings. The molecule has 0 spiro atoms. The molecular formula is C10H6. The van der Waals surface area contributed by atoms with E-state index in [0.717, 1.165) is 0 Å². The maximum Gasteiger partial charge on any atom is -0.0172 e. The molecule has 46 valence electrons. The SMILES string of the molecule is c1cc2ccc3cc2cc1-3. The second-order valence-corrected chi connectivity index (χ2v) is 2.78. The summed E-state index contributed by atoms with van der Waals surface area (Å²) >= 11 is 0. The lowest BCUT2D eigenvalue weighted by Gasteiger charge is -1.85. The summed E-state index contributed by atoms with van der Waals surface area (Å²) in [6.07, 6.45) is 0. The summed E-state index contributed by atoms with van der Waals surface area (Å²) in [4.78, 5) is 0. The van der Waals surface area contributed by atoms with Gasteiger partial charge < -0.3 is 0 Å². The highest BCUT2D eigenvalue weighted by Gasteiger charge is 2.06. The number of fused-ring (bicyclic) bond motifs is 3. The smallest absolute Gasteiger partial charge is 0.0172 e. The van der Waals surface area contributed by atoms with E-state index >= 15 is 0 Å². The first kappa shape index (κ1) is 4.51. The zero-order valence-electron chi connectivity index (χ0n) is 5.46. The summed E-state index contributed by atoms with van der Waals surface area (Å²) in [5.41, 5.74) is 2.74. The van der Waals surface area contributed by atoms with Crippen molar-refractivity contribution in [2.24, 2.45) is 0 Å². The van der Waals surface area contributed by atoms with Crippen LogP contribution in [0.4, 0.5) is 0 Å². The number of rotatable bonds is 0.